The summed E-state index contributed by atoms with van der Waals surface area (Å²) in [5, 5.41) is 29.6. The zero-order valence-electron chi connectivity index (χ0n) is 21.1. The molecule has 1 heterocycles. The Morgan fingerprint density at radius 3 is 2.60 bits per heavy atom. The summed E-state index contributed by atoms with van der Waals surface area (Å²) in [4.78, 5) is 26.7. The van der Waals surface area contributed by atoms with E-state index in [4.69, 9.17) is 4.74 Å². The molecule has 0 aromatic carbocycles. The molecular weight excluding hydrogens is 464 g/mol. The van der Waals surface area contributed by atoms with Gasteiger partial charge in [-0.25, -0.2) is 4.79 Å². The first-order valence-electron chi connectivity index (χ1n) is 13.3. The Kier molecular flexibility index (Phi) is 8.44. The van der Waals surface area contributed by atoms with E-state index in [9.17, 15) is 19.8 Å². The predicted molar refractivity (Wildman–Crippen MR) is 136 cm³/mol. The number of carbonyl (C=O) groups is 2. The van der Waals surface area contributed by atoms with Gasteiger partial charge in [0.25, 0.3) is 0 Å². The molecule has 1 aromatic rings. The van der Waals surface area contributed by atoms with Crippen LogP contribution in [-0.4, -0.2) is 47.1 Å². The Morgan fingerprint density at radius 2 is 1.91 bits per heavy atom. The van der Waals surface area contributed by atoms with Gasteiger partial charge in [-0.05, 0) is 67.2 Å². The molecule has 0 unspecified atom stereocenters. The molecule has 0 spiro atoms. The van der Waals surface area contributed by atoms with Gasteiger partial charge in [-0.2, -0.15) is 0 Å². The average molecular weight is 507 g/mol. The van der Waals surface area contributed by atoms with Crippen LogP contribution < -0.4 is 10.6 Å². The number of nitrogens with one attached hydrogen (secondary N) is 2. The van der Waals surface area contributed by atoms with Crippen LogP contribution in [0, 0.1) is 22.7 Å². The van der Waals surface area contributed by atoms with Crippen molar-refractivity contribution >= 4 is 23.3 Å². The molecule has 4 rings (SSSR count). The van der Waals surface area contributed by atoms with Gasteiger partial charge in [-0.3, -0.25) is 4.79 Å². The standard InChI is InChI=1S/C27H42N2O5S/c1-26-13-12-23(34-25(33)29-18-7-4-3-5-8-18)27(2,17-30)22(26)11-10-21(31)20(26)15-24(32)28-16-19-9-6-14-35-19/h6,9,14,18,20-23,30-31H,3-5,7-8,10-13,15-17H2,1-2H3,(H,28,32)(H,29,33)/t20-,21-,22-,23-,26+,27+/m1/s1. The minimum atomic E-state index is -0.622. The van der Waals surface area contributed by atoms with Crippen molar-refractivity contribution < 1.29 is 24.5 Å². The maximum Gasteiger partial charge on any atom is 0.407 e. The van der Waals surface area contributed by atoms with E-state index in [1.807, 2.05) is 24.4 Å². The number of aliphatic hydroxyl groups is 2. The summed E-state index contributed by atoms with van der Waals surface area (Å²) in [6.45, 7) is 4.57. The largest absolute Gasteiger partial charge is 0.446 e. The predicted octanol–water partition coefficient (Wildman–Crippen LogP) is 4.37. The van der Waals surface area contributed by atoms with Gasteiger partial charge in [0.05, 0.1) is 19.3 Å². The van der Waals surface area contributed by atoms with Crippen molar-refractivity contribution in [1.82, 2.24) is 10.6 Å². The maximum atomic E-state index is 12.9. The van der Waals surface area contributed by atoms with Gasteiger partial charge < -0.3 is 25.6 Å². The summed E-state index contributed by atoms with van der Waals surface area (Å²) in [6.07, 6.45) is 7.08. The molecule has 0 radical (unpaired) electrons. The van der Waals surface area contributed by atoms with Crippen molar-refractivity contribution in [2.24, 2.45) is 22.7 Å². The highest BCUT2D eigenvalue weighted by Crippen LogP contribution is 2.61. The van der Waals surface area contributed by atoms with Crippen LogP contribution in [0.1, 0.15) is 82.9 Å². The van der Waals surface area contributed by atoms with E-state index in [-0.39, 0.29) is 48.3 Å². The zero-order valence-corrected chi connectivity index (χ0v) is 21.9. The molecule has 3 saturated carbocycles. The van der Waals surface area contributed by atoms with Gasteiger partial charge in [0.15, 0.2) is 0 Å². The molecule has 2 amide bonds. The van der Waals surface area contributed by atoms with Crippen LogP contribution in [0.15, 0.2) is 17.5 Å². The molecular formula is C27H42N2O5S. The topological polar surface area (TPSA) is 108 Å². The molecule has 7 nitrogen and oxygen atoms in total. The lowest BCUT2D eigenvalue weighted by Gasteiger charge is -2.60. The van der Waals surface area contributed by atoms with Crippen LogP contribution in [0.25, 0.3) is 0 Å². The molecule has 0 bridgehead atoms. The van der Waals surface area contributed by atoms with Crippen LogP contribution in [0.2, 0.25) is 0 Å². The molecule has 3 aliphatic rings. The smallest absolute Gasteiger partial charge is 0.407 e. The number of fused-ring (bicyclic) bond motifs is 1. The Hall–Kier alpha value is -1.64. The van der Waals surface area contributed by atoms with E-state index in [1.165, 1.54) is 6.42 Å². The number of carbonyl (C=O) groups excluding carboxylic acids is 2. The molecule has 4 N–H and O–H groups in total. The molecule has 6 atom stereocenters. The van der Waals surface area contributed by atoms with Gasteiger partial charge in [0.1, 0.15) is 6.10 Å². The highest BCUT2D eigenvalue weighted by Gasteiger charge is 2.60. The summed E-state index contributed by atoms with van der Waals surface area (Å²) in [5.74, 6) is -0.215. The molecule has 0 aliphatic heterocycles. The number of thiophene rings is 1. The number of alkyl carbamates (subject to hydrolysis) is 1. The Morgan fingerprint density at radius 1 is 1.14 bits per heavy atom. The van der Waals surface area contributed by atoms with Crippen LogP contribution >= 0.6 is 11.3 Å². The fourth-order valence-corrected chi connectivity index (χ4v) is 7.87. The van der Waals surface area contributed by atoms with Gasteiger partial charge in [-0.1, -0.05) is 39.2 Å². The second-order valence-electron chi connectivity index (χ2n) is 11.4. The highest BCUT2D eigenvalue weighted by molar-refractivity contribution is 7.09. The Bertz CT molecular complexity index is 858. The molecule has 3 fully saturated rings. The van der Waals surface area contributed by atoms with Gasteiger partial charge in [-0.15, -0.1) is 11.3 Å². The normalized spacial score (nSPS) is 35.7. The molecule has 0 saturated heterocycles. The Labute approximate surface area is 213 Å². The number of aliphatic hydroxyl groups excluding tert-OH is 2. The molecule has 35 heavy (non-hydrogen) atoms. The second kappa shape index (κ2) is 11.2. The lowest BCUT2D eigenvalue weighted by molar-refractivity contribution is -0.186. The molecule has 196 valence electrons. The molecule has 1 aromatic heterocycles. The van der Waals surface area contributed by atoms with E-state index in [0.29, 0.717) is 19.4 Å². The summed E-state index contributed by atoms with van der Waals surface area (Å²) < 4.78 is 5.97. The molecule has 8 heteroatoms. The average Bonchev–Trinajstić information content (AvgIpc) is 3.36. The van der Waals surface area contributed by atoms with Gasteiger partial charge in [0.2, 0.25) is 5.91 Å². The lowest BCUT2D eigenvalue weighted by atomic mass is 9.46. The number of amides is 2. The first-order chi connectivity index (χ1) is 16.8. The van der Waals surface area contributed by atoms with E-state index < -0.39 is 17.6 Å². The fourth-order valence-electron chi connectivity index (χ4n) is 7.23. The van der Waals surface area contributed by atoms with Gasteiger partial charge >= 0.3 is 6.09 Å². The van der Waals surface area contributed by atoms with Crippen molar-refractivity contribution in [3.8, 4) is 0 Å². The van der Waals surface area contributed by atoms with Crippen LogP contribution in [0.4, 0.5) is 4.79 Å². The SMILES string of the molecule is C[C@]1(CO)[C@@H]2CC[C@@H](O)[C@@H](CC(=O)NCc3cccs3)[C@]2(C)CC[C@H]1OC(=O)NC1CCCCC1. The lowest BCUT2D eigenvalue weighted by Crippen LogP contribution is -2.61. The quantitative estimate of drug-likeness (QED) is 0.439. The summed E-state index contributed by atoms with van der Waals surface area (Å²) in [7, 11) is 0. The third kappa shape index (κ3) is 5.70. The van der Waals surface area contributed by atoms with E-state index in [0.717, 1.165) is 43.4 Å². The minimum Gasteiger partial charge on any atom is -0.446 e. The number of hydrogen-bond donors (Lipinski definition) is 4. The number of rotatable bonds is 7. The van der Waals surface area contributed by atoms with Gasteiger partial charge in [0, 0.05) is 22.8 Å². The summed E-state index contributed by atoms with van der Waals surface area (Å²) in [6, 6.07) is 4.14. The third-order valence-electron chi connectivity index (χ3n) is 9.30. The zero-order chi connectivity index (χ0) is 25.1. The van der Waals surface area contributed by atoms with Crippen molar-refractivity contribution in [3.05, 3.63) is 22.4 Å². The monoisotopic (exact) mass is 506 g/mol. The van der Waals surface area contributed by atoms with E-state index in [2.05, 4.69) is 17.6 Å². The second-order valence-corrected chi connectivity index (χ2v) is 12.5. The fraction of sp³-hybridized carbons (Fsp3) is 0.778. The van der Waals surface area contributed by atoms with E-state index in [1.54, 1.807) is 11.3 Å². The maximum absolute atomic E-state index is 12.9. The van der Waals surface area contributed by atoms with Crippen LogP contribution in [0.3, 0.4) is 0 Å². The van der Waals surface area contributed by atoms with Crippen molar-refractivity contribution in [3.63, 3.8) is 0 Å². The van der Waals surface area contributed by atoms with Crippen molar-refractivity contribution in [2.75, 3.05) is 6.61 Å². The molecule has 3 aliphatic carbocycles. The summed E-state index contributed by atoms with van der Waals surface area (Å²) in [5.41, 5.74) is -0.947. The number of ether oxygens (including phenoxy) is 1. The van der Waals surface area contributed by atoms with Crippen LogP contribution in [-0.2, 0) is 16.1 Å². The highest BCUT2D eigenvalue weighted by atomic mass is 32.1. The minimum absolute atomic E-state index is 0.0414. The number of hydrogen-bond acceptors (Lipinski definition) is 6. The third-order valence-corrected chi connectivity index (χ3v) is 10.2. The first kappa shape index (κ1) is 26.4. The summed E-state index contributed by atoms with van der Waals surface area (Å²) >= 11 is 1.61. The van der Waals surface area contributed by atoms with E-state index >= 15 is 0 Å². The van der Waals surface area contributed by atoms with Crippen molar-refractivity contribution in [1.29, 1.82) is 0 Å². The first-order valence-corrected chi connectivity index (χ1v) is 14.2. The Balaban J connectivity index is 1.43. The van der Waals surface area contributed by atoms with Crippen LogP contribution in [0.5, 0.6) is 0 Å². The van der Waals surface area contributed by atoms with Crippen molar-refractivity contribution in [2.45, 2.75) is 103 Å².